The molecule has 7 nitrogen and oxygen atoms in total. The van der Waals surface area contributed by atoms with Crippen LogP contribution in [0.2, 0.25) is 0 Å². The van der Waals surface area contributed by atoms with Crippen molar-refractivity contribution < 1.29 is 21.7 Å². The van der Waals surface area contributed by atoms with Gasteiger partial charge >= 0.3 is 0 Å². The number of benzene rings is 2. The lowest BCUT2D eigenvalue weighted by atomic mass is 10.2. The van der Waals surface area contributed by atoms with Crippen LogP contribution < -0.4 is 9.58 Å². The van der Waals surface area contributed by atoms with Crippen molar-refractivity contribution in [3.63, 3.8) is 0 Å². The highest BCUT2D eigenvalue weighted by Gasteiger charge is 2.09. The van der Waals surface area contributed by atoms with Gasteiger partial charge in [-0.1, -0.05) is 30.3 Å². The summed E-state index contributed by atoms with van der Waals surface area (Å²) >= 11 is 0. The molecule has 27 heavy (non-hydrogen) atoms. The second-order valence-corrected chi connectivity index (χ2v) is 6.70. The number of para-hydroxylation sites is 2. The predicted octanol–water partition coefficient (Wildman–Crippen LogP) is 2.23. The smallest absolute Gasteiger partial charge is 0.225 e. The summed E-state index contributed by atoms with van der Waals surface area (Å²) in [7, 11) is 0.409. The van der Waals surface area contributed by atoms with E-state index in [9.17, 15) is 13.0 Å². The van der Waals surface area contributed by atoms with Crippen LogP contribution in [0.25, 0.3) is 10.9 Å². The number of pyridine rings is 1. The van der Waals surface area contributed by atoms with Gasteiger partial charge in [0, 0.05) is 24.6 Å². The first-order valence-electron chi connectivity index (χ1n) is 8.04. The first-order chi connectivity index (χ1) is 12.8. The maximum Gasteiger partial charge on any atom is 0.225 e. The molecule has 0 aliphatic rings. The Morgan fingerprint density at radius 3 is 2.26 bits per heavy atom. The second-order valence-electron chi connectivity index (χ2n) is 5.55. The third kappa shape index (κ3) is 6.14. The summed E-state index contributed by atoms with van der Waals surface area (Å²) < 4.78 is 33.2. The van der Waals surface area contributed by atoms with E-state index in [2.05, 4.69) is 57.3 Å². The number of nitrogens with zero attached hydrogens (tertiary/aromatic N) is 3. The van der Waals surface area contributed by atoms with Crippen LogP contribution in [0.3, 0.4) is 0 Å². The first-order valence-corrected chi connectivity index (χ1v) is 9.37. The van der Waals surface area contributed by atoms with Gasteiger partial charge < -0.3 is 4.55 Å². The van der Waals surface area contributed by atoms with Crippen molar-refractivity contribution in [2.75, 3.05) is 19.2 Å². The molecular formula is C19H21N3O4S. The highest BCUT2D eigenvalue weighted by atomic mass is 32.3. The number of hydrazone groups is 1. The summed E-state index contributed by atoms with van der Waals surface area (Å²) in [5.41, 5.74) is 3.33. The van der Waals surface area contributed by atoms with E-state index in [-0.39, 0.29) is 0 Å². The van der Waals surface area contributed by atoms with E-state index < -0.39 is 10.4 Å². The minimum atomic E-state index is -4.41. The lowest BCUT2D eigenvalue weighted by Gasteiger charge is -2.11. The molecule has 0 fully saturated rings. The molecule has 0 aliphatic carbocycles. The Bertz CT molecular complexity index is 1020. The standard InChI is InChI=1S/C18H18N3.CH4O4S/c1-20-17(13-12-15-8-6-7-11-18(15)20)14-19-21(2)16-9-4-3-5-10-16;1-5-6(2,3)4/h3-14H,1-2H3;1H3,(H,2,3,4)/q+1;/p-1. The minimum absolute atomic E-state index is 0.808. The van der Waals surface area contributed by atoms with Gasteiger partial charge in [0.05, 0.1) is 12.8 Å². The fourth-order valence-corrected chi connectivity index (χ4v) is 2.35. The summed E-state index contributed by atoms with van der Waals surface area (Å²) in [6.07, 6.45) is 1.89. The molecule has 3 rings (SSSR count). The Balaban J connectivity index is 0.000000380. The van der Waals surface area contributed by atoms with Crippen LogP contribution in [0.15, 0.2) is 71.8 Å². The van der Waals surface area contributed by atoms with E-state index >= 15 is 0 Å². The quantitative estimate of drug-likeness (QED) is 0.225. The van der Waals surface area contributed by atoms with Gasteiger partial charge in [-0.2, -0.15) is 9.67 Å². The zero-order chi connectivity index (χ0) is 19.9. The van der Waals surface area contributed by atoms with Gasteiger partial charge in [-0.3, -0.25) is 9.19 Å². The molecule has 1 aromatic heterocycles. The molecule has 0 N–H and O–H groups in total. The van der Waals surface area contributed by atoms with Gasteiger partial charge in [-0.15, -0.1) is 0 Å². The Labute approximate surface area is 159 Å². The van der Waals surface area contributed by atoms with Gasteiger partial charge in [0.2, 0.25) is 21.6 Å². The normalized spacial score (nSPS) is 11.3. The fourth-order valence-electron chi connectivity index (χ4n) is 2.35. The molecule has 0 unspecified atom stereocenters. The lowest BCUT2D eigenvalue weighted by molar-refractivity contribution is -0.645. The Hall–Kier alpha value is -2.81. The highest BCUT2D eigenvalue weighted by molar-refractivity contribution is 7.80. The molecule has 0 amide bonds. The SMILES string of the molecule is CN(N=Cc1ccc2ccccc2[n+]1C)c1ccccc1.COS(=O)(=O)[O-]. The van der Waals surface area contributed by atoms with E-state index in [0.29, 0.717) is 0 Å². The minimum Gasteiger partial charge on any atom is -0.726 e. The van der Waals surface area contributed by atoms with Crippen molar-refractivity contribution in [1.29, 1.82) is 0 Å². The molecule has 0 saturated carbocycles. The Morgan fingerprint density at radius 2 is 1.63 bits per heavy atom. The molecule has 0 radical (unpaired) electrons. The lowest BCUT2D eigenvalue weighted by Crippen LogP contribution is -2.34. The van der Waals surface area contributed by atoms with Gasteiger partial charge in [-0.25, -0.2) is 8.42 Å². The molecule has 0 saturated heterocycles. The van der Waals surface area contributed by atoms with Crippen molar-refractivity contribution >= 4 is 33.2 Å². The number of rotatable bonds is 4. The van der Waals surface area contributed by atoms with Crippen molar-refractivity contribution in [3.05, 3.63) is 72.4 Å². The predicted molar refractivity (Wildman–Crippen MR) is 104 cm³/mol. The fraction of sp³-hybridized carbons (Fsp3) is 0.158. The number of hydrogen-bond acceptors (Lipinski definition) is 6. The average molecular weight is 387 g/mol. The molecule has 142 valence electrons. The van der Waals surface area contributed by atoms with E-state index in [1.165, 1.54) is 10.9 Å². The van der Waals surface area contributed by atoms with E-state index in [1.54, 1.807) is 0 Å². The summed E-state index contributed by atoms with van der Waals surface area (Å²) in [6, 6.07) is 22.7. The average Bonchev–Trinajstić information content (AvgIpc) is 2.68. The summed E-state index contributed by atoms with van der Waals surface area (Å²) in [5, 5.41) is 7.62. The highest BCUT2D eigenvalue weighted by Crippen LogP contribution is 2.12. The number of aromatic nitrogens is 1. The van der Waals surface area contributed by atoms with Crippen LogP contribution >= 0.6 is 0 Å². The summed E-state index contributed by atoms with van der Waals surface area (Å²) in [6.45, 7) is 0. The molecule has 0 aliphatic heterocycles. The monoisotopic (exact) mass is 387 g/mol. The molecule has 8 heteroatoms. The van der Waals surface area contributed by atoms with E-state index in [0.717, 1.165) is 18.5 Å². The zero-order valence-corrected chi connectivity index (χ0v) is 16.1. The van der Waals surface area contributed by atoms with Crippen molar-refractivity contribution in [2.24, 2.45) is 12.1 Å². The van der Waals surface area contributed by atoms with E-state index in [4.69, 9.17) is 0 Å². The van der Waals surface area contributed by atoms with Gasteiger partial charge in [0.1, 0.15) is 13.3 Å². The van der Waals surface area contributed by atoms with Gasteiger partial charge in [0.15, 0.2) is 0 Å². The zero-order valence-electron chi connectivity index (χ0n) is 15.3. The third-order valence-electron chi connectivity index (χ3n) is 3.82. The van der Waals surface area contributed by atoms with Crippen LogP contribution in [-0.2, 0) is 21.6 Å². The molecule has 0 atom stereocenters. The molecular weight excluding hydrogens is 366 g/mol. The molecule has 0 spiro atoms. The van der Waals surface area contributed by atoms with Crippen LogP contribution in [-0.4, -0.2) is 33.3 Å². The maximum absolute atomic E-state index is 9.22. The Kier molecular flexibility index (Phi) is 7.00. The molecule has 1 heterocycles. The second kappa shape index (κ2) is 9.22. The van der Waals surface area contributed by atoms with Crippen LogP contribution in [0, 0.1) is 0 Å². The van der Waals surface area contributed by atoms with Crippen LogP contribution in [0.1, 0.15) is 5.69 Å². The van der Waals surface area contributed by atoms with Gasteiger partial charge in [-0.05, 0) is 24.3 Å². The molecule has 2 aromatic carbocycles. The topological polar surface area (TPSA) is 85.9 Å². The number of fused-ring (bicyclic) bond motifs is 1. The van der Waals surface area contributed by atoms with Crippen LogP contribution in [0.4, 0.5) is 5.69 Å². The largest absolute Gasteiger partial charge is 0.726 e. The van der Waals surface area contributed by atoms with Gasteiger partial charge in [0.25, 0.3) is 0 Å². The van der Waals surface area contributed by atoms with Crippen molar-refractivity contribution in [1.82, 2.24) is 0 Å². The van der Waals surface area contributed by atoms with Crippen LogP contribution in [0.5, 0.6) is 0 Å². The summed E-state index contributed by atoms with van der Waals surface area (Å²) in [5.74, 6) is 0. The van der Waals surface area contributed by atoms with E-state index in [1.807, 2.05) is 48.6 Å². The number of hydrogen-bond donors (Lipinski definition) is 0. The van der Waals surface area contributed by atoms with Crippen molar-refractivity contribution in [2.45, 2.75) is 0 Å². The molecule has 3 aromatic rings. The maximum atomic E-state index is 9.22. The Morgan fingerprint density at radius 1 is 1.04 bits per heavy atom. The van der Waals surface area contributed by atoms with Crippen molar-refractivity contribution in [3.8, 4) is 0 Å². The first kappa shape index (κ1) is 20.5. The summed E-state index contributed by atoms with van der Waals surface area (Å²) in [4.78, 5) is 0. The molecule has 0 bridgehead atoms. The third-order valence-corrected chi connectivity index (χ3v) is 4.22. The number of anilines is 1. The number of aryl methyl sites for hydroxylation is 1.